The van der Waals surface area contributed by atoms with Crippen molar-refractivity contribution >= 4 is 0 Å². The molecule has 3 N–H and O–H groups in total. The zero-order valence-electron chi connectivity index (χ0n) is 10.7. The predicted octanol–water partition coefficient (Wildman–Crippen LogP) is 2.70. The van der Waals surface area contributed by atoms with Gasteiger partial charge in [0.05, 0.1) is 7.11 Å². The summed E-state index contributed by atoms with van der Waals surface area (Å²) in [6, 6.07) is 3.31. The number of halogens is 1. The Morgan fingerprint density at radius 3 is 2.56 bits per heavy atom. The highest BCUT2D eigenvalue weighted by atomic mass is 19.1. The third kappa shape index (κ3) is 2.05. The van der Waals surface area contributed by atoms with E-state index in [0.29, 0.717) is 12.1 Å². The average molecular weight is 253 g/mol. The molecule has 1 aliphatic rings. The molecule has 0 saturated heterocycles. The molecular weight excluding hydrogens is 233 g/mol. The number of phenolic OH excluding ortho intramolecular Hbond substituents is 1. The van der Waals surface area contributed by atoms with Gasteiger partial charge in [-0.2, -0.15) is 4.39 Å². The second-order valence-electron chi connectivity index (χ2n) is 5.02. The van der Waals surface area contributed by atoms with Crippen LogP contribution in [0.3, 0.4) is 0 Å². The minimum absolute atomic E-state index is 0.0687. The highest BCUT2D eigenvalue weighted by molar-refractivity contribution is 5.46. The summed E-state index contributed by atoms with van der Waals surface area (Å²) >= 11 is 0. The Hall–Kier alpha value is -1.29. The summed E-state index contributed by atoms with van der Waals surface area (Å²) in [5.41, 5.74) is 6.24. The minimum atomic E-state index is -0.687. The fourth-order valence-corrected chi connectivity index (χ4v) is 2.94. The van der Waals surface area contributed by atoms with Crippen LogP contribution in [0, 0.1) is 5.82 Å². The number of benzene rings is 1. The Morgan fingerprint density at radius 1 is 1.33 bits per heavy atom. The van der Waals surface area contributed by atoms with E-state index in [2.05, 4.69) is 0 Å². The lowest BCUT2D eigenvalue weighted by atomic mass is 9.69. The van der Waals surface area contributed by atoms with Gasteiger partial charge in [-0.1, -0.05) is 25.3 Å². The smallest absolute Gasteiger partial charge is 0.206 e. The average Bonchev–Trinajstić information content (AvgIpc) is 2.42. The lowest BCUT2D eigenvalue weighted by molar-refractivity contribution is 0.284. The summed E-state index contributed by atoms with van der Waals surface area (Å²) in [6.45, 7) is 0.437. The number of aromatic hydroxyl groups is 1. The van der Waals surface area contributed by atoms with Crippen molar-refractivity contribution in [3.63, 3.8) is 0 Å². The molecule has 0 amide bonds. The van der Waals surface area contributed by atoms with Crippen LogP contribution in [0.25, 0.3) is 0 Å². The molecule has 0 atom stereocenters. The highest BCUT2D eigenvalue weighted by Gasteiger charge is 2.36. The van der Waals surface area contributed by atoms with Crippen molar-refractivity contribution < 1.29 is 14.2 Å². The van der Waals surface area contributed by atoms with Crippen molar-refractivity contribution in [3.8, 4) is 11.5 Å². The molecule has 0 unspecified atom stereocenters. The summed E-state index contributed by atoms with van der Waals surface area (Å²) in [4.78, 5) is 0. The first-order chi connectivity index (χ1) is 8.64. The SMILES string of the molecule is COc1ccc(C2(CN)CCCCC2)c(O)c1F. The van der Waals surface area contributed by atoms with E-state index < -0.39 is 5.82 Å². The molecule has 0 radical (unpaired) electrons. The van der Waals surface area contributed by atoms with Crippen LogP contribution in [0.1, 0.15) is 37.7 Å². The Bertz CT molecular complexity index is 428. The van der Waals surface area contributed by atoms with Gasteiger partial charge in [-0.05, 0) is 18.9 Å². The molecule has 4 heteroatoms. The molecule has 100 valence electrons. The van der Waals surface area contributed by atoms with Gasteiger partial charge in [0.2, 0.25) is 5.82 Å². The first-order valence-electron chi connectivity index (χ1n) is 6.40. The van der Waals surface area contributed by atoms with Gasteiger partial charge in [0.1, 0.15) is 0 Å². The molecule has 0 bridgehead atoms. The van der Waals surface area contributed by atoms with E-state index in [1.165, 1.54) is 13.5 Å². The van der Waals surface area contributed by atoms with Gasteiger partial charge in [-0.25, -0.2) is 0 Å². The van der Waals surface area contributed by atoms with E-state index in [0.717, 1.165) is 25.7 Å². The molecule has 1 aromatic carbocycles. The number of hydrogen-bond donors (Lipinski definition) is 2. The van der Waals surface area contributed by atoms with Crippen LogP contribution in [0.5, 0.6) is 11.5 Å². The van der Waals surface area contributed by atoms with Gasteiger partial charge in [0.25, 0.3) is 0 Å². The van der Waals surface area contributed by atoms with Crippen LogP contribution in [-0.4, -0.2) is 18.8 Å². The zero-order valence-corrected chi connectivity index (χ0v) is 10.7. The molecule has 1 fully saturated rings. The highest BCUT2D eigenvalue weighted by Crippen LogP contribution is 2.44. The van der Waals surface area contributed by atoms with E-state index in [4.69, 9.17) is 10.5 Å². The summed E-state index contributed by atoms with van der Waals surface area (Å²) in [7, 11) is 1.39. The van der Waals surface area contributed by atoms with Gasteiger partial charge in [-0.3, -0.25) is 0 Å². The van der Waals surface area contributed by atoms with Crippen LogP contribution in [0.15, 0.2) is 12.1 Å². The van der Waals surface area contributed by atoms with E-state index in [1.54, 1.807) is 12.1 Å². The van der Waals surface area contributed by atoms with Crippen LogP contribution in [0.2, 0.25) is 0 Å². The lowest BCUT2D eigenvalue weighted by Crippen LogP contribution is -2.37. The maximum atomic E-state index is 13.9. The van der Waals surface area contributed by atoms with Crippen molar-refractivity contribution in [3.05, 3.63) is 23.5 Å². The number of nitrogens with two attached hydrogens (primary N) is 1. The topological polar surface area (TPSA) is 55.5 Å². The van der Waals surface area contributed by atoms with E-state index in [-0.39, 0.29) is 16.9 Å². The molecule has 0 spiro atoms. The summed E-state index contributed by atoms with van der Waals surface area (Å²) in [5, 5.41) is 10.0. The fourth-order valence-electron chi connectivity index (χ4n) is 2.94. The van der Waals surface area contributed by atoms with E-state index >= 15 is 0 Å². The number of phenols is 1. The molecule has 0 aromatic heterocycles. The molecule has 3 nitrogen and oxygen atoms in total. The predicted molar refractivity (Wildman–Crippen MR) is 68.4 cm³/mol. The van der Waals surface area contributed by atoms with Crippen molar-refractivity contribution in [1.29, 1.82) is 0 Å². The third-order valence-electron chi connectivity index (χ3n) is 4.07. The standard InChI is InChI=1S/C14H20FNO2/c1-18-11-6-5-10(13(17)12(11)15)14(9-16)7-3-2-4-8-14/h5-6,17H,2-4,7-9,16H2,1H3. The van der Waals surface area contributed by atoms with E-state index in [1.807, 2.05) is 0 Å². The Labute approximate surface area is 107 Å². The third-order valence-corrected chi connectivity index (χ3v) is 4.07. The van der Waals surface area contributed by atoms with Crippen molar-refractivity contribution in [1.82, 2.24) is 0 Å². The second kappa shape index (κ2) is 5.14. The molecular formula is C14H20FNO2. The monoisotopic (exact) mass is 253 g/mol. The van der Waals surface area contributed by atoms with Crippen molar-refractivity contribution in [2.24, 2.45) is 5.73 Å². The minimum Gasteiger partial charge on any atom is -0.505 e. The quantitative estimate of drug-likeness (QED) is 0.870. The number of methoxy groups -OCH3 is 1. The van der Waals surface area contributed by atoms with Gasteiger partial charge >= 0.3 is 0 Å². The van der Waals surface area contributed by atoms with Gasteiger partial charge in [0, 0.05) is 17.5 Å². The van der Waals surface area contributed by atoms with Crippen LogP contribution in [0.4, 0.5) is 4.39 Å². The Kier molecular flexibility index (Phi) is 3.76. The second-order valence-corrected chi connectivity index (χ2v) is 5.02. The van der Waals surface area contributed by atoms with Crippen LogP contribution >= 0.6 is 0 Å². The van der Waals surface area contributed by atoms with Crippen LogP contribution in [-0.2, 0) is 5.41 Å². The van der Waals surface area contributed by atoms with Gasteiger partial charge < -0.3 is 15.6 Å². The zero-order chi connectivity index (χ0) is 13.2. The number of rotatable bonds is 3. The summed E-state index contributed by atoms with van der Waals surface area (Å²) < 4.78 is 18.8. The van der Waals surface area contributed by atoms with E-state index in [9.17, 15) is 9.50 Å². The first kappa shape index (κ1) is 13.1. The maximum absolute atomic E-state index is 13.9. The Balaban J connectivity index is 2.46. The maximum Gasteiger partial charge on any atom is 0.206 e. The first-order valence-corrected chi connectivity index (χ1v) is 6.40. The molecule has 18 heavy (non-hydrogen) atoms. The largest absolute Gasteiger partial charge is 0.505 e. The molecule has 1 saturated carbocycles. The normalized spacial score (nSPS) is 18.6. The van der Waals surface area contributed by atoms with Gasteiger partial charge in [0.15, 0.2) is 11.5 Å². The molecule has 1 aliphatic carbocycles. The van der Waals surface area contributed by atoms with Gasteiger partial charge in [-0.15, -0.1) is 0 Å². The lowest BCUT2D eigenvalue weighted by Gasteiger charge is -2.37. The van der Waals surface area contributed by atoms with Crippen molar-refractivity contribution in [2.45, 2.75) is 37.5 Å². The fraction of sp³-hybridized carbons (Fsp3) is 0.571. The summed E-state index contributed by atoms with van der Waals surface area (Å²) in [6.07, 6.45) is 5.14. The van der Waals surface area contributed by atoms with Crippen LogP contribution < -0.4 is 10.5 Å². The molecule has 0 aliphatic heterocycles. The summed E-state index contributed by atoms with van der Waals surface area (Å²) in [5.74, 6) is -0.922. The Morgan fingerprint density at radius 2 is 2.00 bits per heavy atom. The number of hydrogen-bond acceptors (Lipinski definition) is 3. The molecule has 0 heterocycles. The molecule has 2 rings (SSSR count). The number of ether oxygens (including phenoxy) is 1. The molecule has 1 aromatic rings. The van der Waals surface area contributed by atoms with Crippen molar-refractivity contribution in [2.75, 3.05) is 13.7 Å².